The van der Waals surface area contributed by atoms with E-state index in [0.717, 1.165) is 17.6 Å². The summed E-state index contributed by atoms with van der Waals surface area (Å²) in [5, 5.41) is 20.5. The van der Waals surface area contributed by atoms with Gasteiger partial charge in [-0.2, -0.15) is 5.26 Å². The summed E-state index contributed by atoms with van der Waals surface area (Å²) in [7, 11) is 0. The number of hydrogen-bond donors (Lipinski definition) is 0. The SMILES string of the molecule is CCN(CCC#N)c1ccnc2c([N+](=O)[O-])cccc12. The van der Waals surface area contributed by atoms with E-state index in [9.17, 15) is 10.1 Å². The number of nitro groups is 1. The van der Waals surface area contributed by atoms with E-state index in [1.165, 1.54) is 6.07 Å². The molecule has 0 saturated carbocycles. The third kappa shape index (κ3) is 2.52. The minimum atomic E-state index is -0.426. The van der Waals surface area contributed by atoms with E-state index in [2.05, 4.69) is 11.1 Å². The lowest BCUT2D eigenvalue weighted by atomic mass is 10.1. The van der Waals surface area contributed by atoms with Gasteiger partial charge in [0.15, 0.2) is 0 Å². The summed E-state index contributed by atoms with van der Waals surface area (Å²) in [6, 6.07) is 8.87. The average Bonchev–Trinajstić information content (AvgIpc) is 2.47. The second kappa shape index (κ2) is 5.97. The van der Waals surface area contributed by atoms with Crippen LogP contribution < -0.4 is 4.90 Å². The van der Waals surface area contributed by atoms with E-state index in [1.54, 1.807) is 12.3 Å². The van der Waals surface area contributed by atoms with Gasteiger partial charge in [-0.15, -0.1) is 0 Å². The molecule has 1 aromatic heterocycles. The van der Waals surface area contributed by atoms with Crippen LogP contribution in [0, 0.1) is 21.4 Å². The number of para-hydroxylation sites is 1. The second-order valence-electron chi connectivity index (χ2n) is 4.25. The van der Waals surface area contributed by atoms with E-state index in [0.29, 0.717) is 18.5 Å². The number of pyridine rings is 1. The molecule has 2 rings (SSSR count). The highest BCUT2D eigenvalue weighted by atomic mass is 16.6. The van der Waals surface area contributed by atoms with Crippen LogP contribution in [0.1, 0.15) is 13.3 Å². The zero-order valence-corrected chi connectivity index (χ0v) is 11.1. The highest BCUT2D eigenvalue weighted by molar-refractivity contribution is 5.96. The maximum atomic E-state index is 11.0. The molecule has 0 aliphatic heterocycles. The minimum absolute atomic E-state index is 0.000635. The van der Waals surface area contributed by atoms with Crippen LogP contribution in [0.4, 0.5) is 11.4 Å². The van der Waals surface area contributed by atoms with Crippen LogP contribution >= 0.6 is 0 Å². The summed E-state index contributed by atoms with van der Waals surface area (Å²) in [6.45, 7) is 3.30. The van der Waals surface area contributed by atoms with Crippen molar-refractivity contribution >= 4 is 22.3 Å². The molecule has 0 aliphatic rings. The Hall–Kier alpha value is -2.68. The molecule has 0 spiro atoms. The summed E-state index contributed by atoms with van der Waals surface area (Å²) < 4.78 is 0. The van der Waals surface area contributed by atoms with Gasteiger partial charge in [-0.3, -0.25) is 10.1 Å². The van der Waals surface area contributed by atoms with Gasteiger partial charge in [0.25, 0.3) is 5.69 Å². The van der Waals surface area contributed by atoms with Crippen LogP contribution in [0.2, 0.25) is 0 Å². The van der Waals surface area contributed by atoms with E-state index >= 15 is 0 Å². The topological polar surface area (TPSA) is 83.1 Å². The number of benzene rings is 1. The van der Waals surface area contributed by atoms with E-state index in [-0.39, 0.29) is 5.69 Å². The smallest absolute Gasteiger partial charge is 0.295 e. The molecule has 0 unspecified atom stereocenters. The monoisotopic (exact) mass is 270 g/mol. The Morgan fingerprint density at radius 2 is 2.25 bits per heavy atom. The summed E-state index contributed by atoms with van der Waals surface area (Å²) in [6.07, 6.45) is 1.98. The van der Waals surface area contributed by atoms with Crippen LogP contribution in [0.3, 0.4) is 0 Å². The van der Waals surface area contributed by atoms with Crippen LogP contribution in [-0.2, 0) is 0 Å². The molecule has 0 saturated heterocycles. The zero-order valence-electron chi connectivity index (χ0n) is 11.1. The molecule has 1 heterocycles. The first-order valence-electron chi connectivity index (χ1n) is 6.33. The summed E-state index contributed by atoms with van der Waals surface area (Å²) in [4.78, 5) is 16.8. The quantitative estimate of drug-likeness (QED) is 0.616. The molecule has 0 N–H and O–H groups in total. The predicted molar refractivity (Wildman–Crippen MR) is 76.5 cm³/mol. The van der Waals surface area contributed by atoms with Crippen molar-refractivity contribution in [3.05, 3.63) is 40.6 Å². The van der Waals surface area contributed by atoms with Gasteiger partial charge in [0, 0.05) is 36.4 Å². The molecule has 2 aromatic rings. The number of nitriles is 1. The third-order valence-electron chi connectivity index (χ3n) is 3.14. The molecule has 0 amide bonds. The molecule has 1 aromatic carbocycles. The van der Waals surface area contributed by atoms with Gasteiger partial charge in [0.05, 0.1) is 17.4 Å². The lowest BCUT2D eigenvalue weighted by Gasteiger charge is -2.23. The van der Waals surface area contributed by atoms with Crippen molar-refractivity contribution in [3.8, 4) is 6.07 Å². The average molecular weight is 270 g/mol. The van der Waals surface area contributed by atoms with Crippen molar-refractivity contribution in [1.82, 2.24) is 4.98 Å². The van der Waals surface area contributed by atoms with Gasteiger partial charge in [-0.1, -0.05) is 12.1 Å². The van der Waals surface area contributed by atoms with Crippen molar-refractivity contribution in [2.24, 2.45) is 0 Å². The lowest BCUT2D eigenvalue weighted by Crippen LogP contribution is -2.23. The fourth-order valence-electron chi connectivity index (χ4n) is 2.20. The Bertz CT molecular complexity index is 678. The number of hydrogen-bond acceptors (Lipinski definition) is 5. The molecule has 102 valence electrons. The number of aromatic nitrogens is 1. The summed E-state index contributed by atoms with van der Waals surface area (Å²) in [5.74, 6) is 0. The summed E-state index contributed by atoms with van der Waals surface area (Å²) >= 11 is 0. The molecule has 0 radical (unpaired) electrons. The molecule has 0 atom stereocenters. The van der Waals surface area contributed by atoms with Crippen LogP contribution in [0.5, 0.6) is 0 Å². The fraction of sp³-hybridized carbons (Fsp3) is 0.286. The summed E-state index contributed by atoms with van der Waals surface area (Å²) in [5.41, 5.74) is 1.25. The Labute approximate surface area is 116 Å². The molecular weight excluding hydrogens is 256 g/mol. The second-order valence-corrected chi connectivity index (χ2v) is 4.25. The largest absolute Gasteiger partial charge is 0.370 e. The number of nitro benzene ring substituents is 1. The molecule has 20 heavy (non-hydrogen) atoms. The Morgan fingerprint density at radius 3 is 2.90 bits per heavy atom. The van der Waals surface area contributed by atoms with Crippen molar-refractivity contribution < 1.29 is 4.92 Å². The number of nitrogens with zero attached hydrogens (tertiary/aromatic N) is 4. The standard InChI is InChI=1S/C14H14N4O2/c1-2-17(10-4-8-15)12-7-9-16-14-11(12)5-3-6-13(14)18(19)20/h3,5-7,9H,2,4,10H2,1H3. The highest BCUT2D eigenvalue weighted by Crippen LogP contribution is 2.30. The third-order valence-corrected chi connectivity index (χ3v) is 3.14. The maximum absolute atomic E-state index is 11.0. The number of fused-ring (bicyclic) bond motifs is 1. The lowest BCUT2D eigenvalue weighted by molar-refractivity contribution is -0.383. The predicted octanol–water partition coefficient (Wildman–Crippen LogP) is 2.88. The molecule has 6 heteroatoms. The van der Waals surface area contributed by atoms with Crippen molar-refractivity contribution in [3.63, 3.8) is 0 Å². The number of anilines is 1. The van der Waals surface area contributed by atoms with Gasteiger partial charge < -0.3 is 4.90 Å². The first-order valence-corrected chi connectivity index (χ1v) is 6.33. The van der Waals surface area contributed by atoms with Gasteiger partial charge >= 0.3 is 0 Å². The Kier molecular flexibility index (Phi) is 4.11. The van der Waals surface area contributed by atoms with Gasteiger partial charge in [0.1, 0.15) is 5.52 Å². The number of non-ortho nitro benzene ring substituents is 1. The molecule has 0 fully saturated rings. The minimum Gasteiger partial charge on any atom is -0.370 e. The van der Waals surface area contributed by atoms with Crippen molar-refractivity contribution in [1.29, 1.82) is 5.26 Å². The normalized spacial score (nSPS) is 10.2. The van der Waals surface area contributed by atoms with Gasteiger partial charge in [0.2, 0.25) is 0 Å². The van der Waals surface area contributed by atoms with Gasteiger partial charge in [-0.05, 0) is 13.0 Å². The Balaban J connectivity index is 2.57. The van der Waals surface area contributed by atoms with Crippen molar-refractivity contribution in [2.45, 2.75) is 13.3 Å². The van der Waals surface area contributed by atoms with Crippen LogP contribution in [0.15, 0.2) is 30.5 Å². The molecule has 0 aliphatic carbocycles. The maximum Gasteiger partial charge on any atom is 0.295 e. The molecule has 0 bridgehead atoms. The molecule has 6 nitrogen and oxygen atoms in total. The molecular formula is C14H14N4O2. The number of rotatable bonds is 5. The van der Waals surface area contributed by atoms with E-state index < -0.39 is 4.92 Å². The highest BCUT2D eigenvalue weighted by Gasteiger charge is 2.16. The van der Waals surface area contributed by atoms with Crippen molar-refractivity contribution in [2.75, 3.05) is 18.0 Å². The van der Waals surface area contributed by atoms with Gasteiger partial charge in [-0.25, -0.2) is 4.98 Å². The first-order chi connectivity index (χ1) is 9.69. The van der Waals surface area contributed by atoms with E-state index in [4.69, 9.17) is 5.26 Å². The first kappa shape index (κ1) is 13.7. The fourth-order valence-corrected chi connectivity index (χ4v) is 2.20. The van der Waals surface area contributed by atoms with Crippen LogP contribution in [-0.4, -0.2) is 23.0 Å². The van der Waals surface area contributed by atoms with E-state index in [1.807, 2.05) is 24.0 Å². The van der Waals surface area contributed by atoms with Crippen LogP contribution in [0.25, 0.3) is 10.9 Å². The Morgan fingerprint density at radius 1 is 1.45 bits per heavy atom. The zero-order chi connectivity index (χ0) is 14.5.